The van der Waals surface area contributed by atoms with Gasteiger partial charge < -0.3 is 15.4 Å². The maximum absolute atomic E-state index is 12.6. The van der Waals surface area contributed by atoms with Crippen molar-refractivity contribution in [3.05, 3.63) is 45.8 Å². The number of esters is 1. The number of methoxy groups -OCH3 is 1. The maximum atomic E-state index is 12.6. The number of carbonyl (C=O) groups is 3. The molecule has 0 spiro atoms. The molecule has 1 aliphatic rings. The molecule has 1 aliphatic carbocycles. The van der Waals surface area contributed by atoms with Crippen LogP contribution in [0.1, 0.15) is 50.9 Å². The van der Waals surface area contributed by atoms with Gasteiger partial charge in [0.1, 0.15) is 5.00 Å². The first-order valence-corrected chi connectivity index (χ1v) is 9.23. The molecule has 1 heterocycles. The van der Waals surface area contributed by atoms with Gasteiger partial charge in [-0.2, -0.15) is 0 Å². The average molecular weight is 372 g/mol. The van der Waals surface area contributed by atoms with E-state index in [4.69, 9.17) is 4.74 Å². The normalized spacial score (nSPS) is 12.8. The summed E-state index contributed by atoms with van der Waals surface area (Å²) in [6.45, 7) is 1.42. The molecule has 0 fully saturated rings. The zero-order valence-corrected chi connectivity index (χ0v) is 15.5. The number of benzene rings is 1. The van der Waals surface area contributed by atoms with Crippen molar-refractivity contribution in [2.45, 2.75) is 32.6 Å². The highest BCUT2D eigenvalue weighted by molar-refractivity contribution is 7.17. The fourth-order valence-electron chi connectivity index (χ4n) is 3.06. The van der Waals surface area contributed by atoms with Gasteiger partial charge in [0.15, 0.2) is 0 Å². The number of fused-ring (bicyclic) bond motifs is 1. The Morgan fingerprint density at radius 1 is 1.04 bits per heavy atom. The summed E-state index contributed by atoms with van der Waals surface area (Å²) >= 11 is 1.45. The second kappa shape index (κ2) is 7.70. The molecule has 2 amide bonds. The van der Waals surface area contributed by atoms with E-state index in [1.165, 1.54) is 25.4 Å². The number of ether oxygens (including phenoxy) is 1. The number of aryl methyl sites for hydroxylation is 1. The second-order valence-corrected chi connectivity index (χ2v) is 7.22. The van der Waals surface area contributed by atoms with Crippen molar-refractivity contribution in [2.75, 3.05) is 17.7 Å². The van der Waals surface area contributed by atoms with Crippen molar-refractivity contribution in [3.8, 4) is 0 Å². The summed E-state index contributed by atoms with van der Waals surface area (Å²) in [5.74, 6) is -0.891. The van der Waals surface area contributed by atoms with E-state index in [2.05, 4.69) is 10.6 Å². The lowest BCUT2D eigenvalue weighted by molar-refractivity contribution is -0.114. The van der Waals surface area contributed by atoms with E-state index in [1.807, 2.05) is 0 Å². The van der Waals surface area contributed by atoms with Crippen molar-refractivity contribution >= 4 is 39.8 Å². The molecule has 3 rings (SSSR count). The van der Waals surface area contributed by atoms with E-state index in [-0.39, 0.29) is 11.8 Å². The zero-order valence-electron chi connectivity index (χ0n) is 14.7. The Morgan fingerprint density at radius 2 is 1.73 bits per heavy atom. The summed E-state index contributed by atoms with van der Waals surface area (Å²) in [7, 11) is 1.35. The molecule has 1 aromatic heterocycles. The van der Waals surface area contributed by atoms with Crippen LogP contribution in [0.15, 0.2) is 24.3 Å². The molecule has 0 atom stereocenters. The van der Waals surface area contributed by atoms with Gasteiger partial charge in [-0.1, -0.05) is 0 Å². The molecule has 2 aromatic rings. The minimum Gasteiger partial charge on any atom is -0.465 e. The molecule has 26 heavy (non-hydrogen) atoms. The number of nitrogens with one attached hydrogen (secondary N) is 2. The van der Waals surface area contributed by atoms with E-state index in [1.54, 1.807) is 24.3 Å². The number of carbonyl (C=O) groups excluding carboxylic acids is 3. The Labute approximate surface area is 155 Å². The highest BCUT2D eigenvalue weighted by atomic mass is 32.1. The minimum absolute atomic E-state index is 0.172. The van der Waals surface area contributed by atoms with Crippen LogP contribution in [0.4, 0.5) is 10.7 Å². The van der Waals surface area contributed by atoms with Gasteiger partial charge in [-0.25, -0.2) is 4.79 Å². The molecule has 6 nitrogen and oxygen atoms in total. The predicted octanol–water partition coefficient (Wildman–Crippen LogP) is 3.62. The number of amides is 2. The Hall–Kier alpha value is -2.67. The number of anilines is 2. The van der Waals surface area contributed by atoms with E-state index in [0.717, 1.165) is 36.1 Å². The van der Waals surface area contributed by atoms with Gasteiger partial charge in [-0.05, 0) is 55.5 Å². The van der Waals surface area contributed by atoms with Crippen LogP contribution in [0.5, 0.6) is 0 Å². The summed E-state index contributed by atoms with van der Waals surface area (Å²) in [5, 5.41) is 6.05. The molecule has 2 N–H and O–H groups in total. The zero-order chi connectivity index (χ0) is 18.7. The monoisotopic (exact) mass is 372 g/mol. The summed E-state index contributed by atoms with van der Waals surface area (Å²) in [6, 6.07) is 6.59. The van der Waals surface area contributed by atoms with Crippen molar-refractivity contribution in [1.82, 2.24) is 0 Å². The lowest BCUT2D eigenvalue weighted by Gasteiger charge is -2.11. The van der Waals surface area contributed by atoms with Crippen LogP contribution in [0.25, 0.3) is 0 Å². The van der Waals surface area contributed by atoms with Gasteiger partial charge in [0.05, 0.1) is 12.7 Å². The largest absolute Gasteiger partial charge is 0.465 e. The van der Waals surface area contributed by atoms with Gasteiger partial charge in [0.2, 0.25) is 5.91 Å². The van der Waals surface area contributed by atoms with E-state index in [0.29, 0.717) is 21.8 Å². The first kappa shape index (κ1) is 18.1. The predicted molar refractivity (Wildman–Crippen MR) is 101 cm³/mol. The van der Waals surface area contributed by atoms with E-state index >= 15 is 0 Å². The van der Waals surface area contributed by atoms with Gasteiger partial charge in [-0.15, -0.1) is 11.3 Å². The first-order valence-electron chi connectivity index (χ1n) is 8.41. The number of hydrogen-bond donors (Lipinski definition) is 2. The lowest BCUT2D eigenvalue weighted by atomic mass is 9.95. The van der Waals surface area contributed by atoms with Gasteiger partial charge in [-0.3, -0.25) is 9.59 Å². The van der Waals surface area contributed by atoms with Gasteiger partial charge in [0, 0.05) is 23.1 Å². The van der Waals surface area contributed by atoms with Crippen LogP contribution >= 0.6 is 11.3 Å². The number of thiophene rings is 1. The minimum atomic E-state index is -0.416. The molecule has 0 aliphatic heterocycles. The molecule has 7 heteroatoms. The summed E-state index contributed by atoms with van der Waals surface area (Å²) < 4.78 is 4.92. The SMILES string of the molecule is COC(=O)c1c(NC(=O)c2ccc(NC(C)=O)cc2)sc2c1CCCC2. The molecule has 0 bridgehead atoms. The smallest absolute Gasteiger partial charge is 0.341 e. The lowest BCUT2D eigenvalue weighted by Crippen LogP contribution is -2.15. The van der Waals surface area contributed by atoms with Crippen molar-refractivity contribution in [2.24, 2.45) is 0 Å². The molecule has 0 saturated carbocycles. The molecule has 0 radical (unpaired) electrons. The molecular formula is C19H20N2O4S. The third kappa shape index (κ3) is 3.77. The Kier molecular flexibility index (Phi) is 5.37. The Bertz CT molecular complexity index is 855. The molecule has 136 valence electrons. The summed E-state index contributed by atoms with van der Waals surface area (Å²) in [6.07, 6.45) is 3.88. The third-order valence-electron chi connectivity index (χ3n) is 4.26. The van der Waals surface area contributed by atoms with Crippen LogP contribution < -0.4 is 10.6 Å². The standard InChI is InChI=1S/C19H20N2O4S/c1-11(22)20-13-9-7-12(8-10-13)17(23)21-18-16(19(24)25-2)14-5-3-4-6-15(14)26-18/h7-10H,3-6H2,1-2H3,(H,20,22)(H,21,23). The number of rotatable bonds is 4. The van der Waals surface area contributed by atoms with Crippen molar-refractivity contribution < 1.29 is 19.1 Å². The average Bonchev–Trinajstić information content (AvgIpc) is 2.99. The molecular weight excluding hydrogens is 352 g/mol. The molecule has 0 unspecified atom stereocenters. The Morgan fingerprint density at radius 3 is 2.38 bits per heavy atom. The summed E-state index contributed by atoms with van der Waals surface area (Å²) in [4.78, 5) is 37.0. The van der Waals surface area contributed by atoms with E-state index < -0.39 is 5.97 Å². The van der Waals surface area contributed by atoms with Crippen LogP contribution in [0, 0.1) is 0 Å². The maximum Gasteiger partial charge on any atom is 0.341 e. The molecule has 1 aromatic carbocycles. The second-order valence-electron chi connectivity index (χ2n) is 6.12. The van der Waals surface area contributed by atoms with Crippen molar-refractivity contribution in [3.63, 3.8) is 0 Å². The highest BCUT2D eigenvalue weighted by Gasteiger charge is 2.27. The molecule has 0 saturated heterocycles. The first-order chi connectivity index (χ1) is 12.5. The third-order valence-corrected chi connectivity index (χ3v) is 5.46. The van der Waals surface area contributed by atoms with Crippen LogP contribution in [-0.4, -0.2) is 24.9 Å². The van der Waals surface area contributed by atoms with Crippen molar-refractivity contribution in [1.29, 1.82) is 0 Å². The fraction of sp³-hybridized carbons (Fsp3) is 0.316. The van der Waals surface area contributed by atoms with Crippen LogP contribution in [0.2, 0.25) is 0 Å². The van der Waals surface area contributed by atoms with Gasteiger partial charge >= 0.3 is 5.97 Å². The van der Waals surface area contributed by atoms with Crippen LogP contribution in [0.3, 0.4) is 0 Å². The topological polar surface area (TPSA) is 84.5 Å². The Balaban J connectivity index is 1.84. The highest BCUT2D eigenvalue weighted by Crippen LogP contribution is 2.38. The summed E-state index contributed by atoms with van der Waals surface area (Å²) in [5.41, 5.74) is 2.55. The quantitative estimate of drug-likeness (QED) is 0.803. The fourth-order valence-corrected chi connectivity index (χ4v) is 4.33. The van der Waals surface area contributed by atoms with E-state index in [9.17, 15) is 14.4 Å². The van der Waals surface area contributed by atoms with Crippen LogP contribution in [-0.2, 0) is 22.4 Å². The van der Waals surface area contributed by atoms with Gasteiger partial charge in [0.25, 0.3) is 5.91 Å². The number of hydrogen-bond acceptors (Lipinski definition) is 5.